The topological polar surface area (TPSA) is 104 Å². The second kappa shape index (κ2) is 5.87. The lowest BCUT2D eigenvalue weighted by Crippen LogP contribution is -2.20. The highest BCUT2D eigenvalue weighted by Gasteiger charge is 2.12. The van der Waals surface area contributed by atoms with Crippen LogP contribution in [0.4, 0.5) is 26.2 Å². The molecule has 0 heterocycles. The number of nitro groups is 1. The molecule has 0 atom stereocenters. The van der Waals surface area contributed by atoms with Crippen LogP contribution in [0.25, 0.3) is 0 Å². The van der Waals surface area contributed by atoms with Crippen molar-refractivity contribution in [1.29, 1.82) is 0 Å². The number of phenolic OH excluding ortho intramolecular Hbond substituents is 1. The van der Waals surface area contributed by atoms with Gasteiger partial charge in [-0.25, -0.2) is 9.18 Å². The number of hydrogen-bond acceptors (Lipinski definition) is 4. The molecule has 0 saturated carbocycles. The molecule has 8 heteroatoms. The zero-order chi connectivity index (χ0) is 15.4. The van der Waals surface area contributed by atoms with Crippen molar-refractivity contribution in [3.05, 3.63) is 58.4 Å². The third-order valence-corrected chi connectivity index (χ3v) is 2.54. The normalized spacial score (nSPS) is 9.95. The van der Waals surface area contributed by atoms with Crippen LogP contribution in [0.3, 0.4) is 0 Å². The molecule has 0 unspecified atom stereocenters. The molecule has 7 nitrogen and oxygen atoms in total. The minimum absolute atomic E-state index is 0.0439. The van der Waals surface area contributed by atoms with E-state index in [1.807, 2.05) is 0 Å². The Morgan fingerprint density at radius 2 is 1.81 bits per heavy atom. The molecule has 0 aliphatic carbocycles. The summed E-state index contributed by atoms with van der Waals surface area (Å²) in [6.07, 6.45) is 0. The Morgan fingerprint density at radius 1 is 1.14 bits per heavy atom. The van der Waals surface area contributed by atoms with Gasteiger partial charge in [-0.3, -0.25) is 10.1 Å². The average molecular weight is 291 g/mol. The maximum Gasteiger partial charge on any atom is 0.323 e. The van der Waals surface area contributed by atoms with Crippen LogP contribution in [0.1, 0.15) is 0 Å². The third-order valence-electron chi connectivity index (χ3n) is 2.54. The molecule has 0 radical (unpaired) electrons. The van der Waals surface area contributed by atoms with Crippen molar-refractivity contribution >= 4 is 23.1 Å². The first-order valence-electron chi connectivity index (χ1n) is 5.76. The van der Waals surface area contributed by atoms with Gasteiger partial charge in [0.2, 0.25) is 0 Å². The predicted octanol–water partition coefficient (Wildman–Crippen LogP) is 3.08. The van der Waals surface area contributed by atoms with E-state index in [4.69, 9.17) is 5.11 Å². The minimum atomic E-state index is -0.912. The van der Waals surface area contributed by atoms with Gasteiger partial charge >= 0.3 is 6.03 Å². The molecular weight excluding hydrogens is 281 g/mol. The van der Waals surface area contributed by atoms with Crippen LogP contribution in [0.15, 0.2) is 42.5 Å². The van der Waals surface area contributed by atoms with Gasteiger partial charge in [-0.05, 0) is 30.3 Å². The maximum absolute atomic E-state index is 13.6. The van der Waals surface area contributed by atoms with Crippen molar-refractivity contribution < 1.29 is 19.2 Å². The van der Waals surface area contributed by atoms with Gasteiger partial charge in [-0.1, -0.05) is 0 Å². The summed E-state index contributed by atoms with van der Waals surface area (Å²) < 4.78 is 13.6. The van der Waals surface area contributed by atoms with Crippen molar-refractivity contribution in [3.8, 4) is 5.75 Å². The van der Waals surface area contributed by atoms with Crippen LogP contribution >= 0.6 is 0 Å². The molecule has 21 heavy (non-hydrogen) atoms. The highest BCUT2D eigenvalue weighted by molar-refractivity contribution is 5.99. The molecule has 0 aliphatic heterocycles. The first-order chi connectivity index (χ1) is 9.95. The Bertz CT molecular complexity index is 688. The van der Waals surface area contributed by atoms with Crippen LogP contribution in [-0.2, 0) is 0 Å². The fraction of sp³-hybridized carbons (Fsp3) is 0. The Balaban J connectivity index is 2.06. The SMILES string of the molecule is O=C(Nc1ccc(O)cc1)Nc1ccc([N+](=O)[O-])cc1F. The highest BCUT2D eigenvalue weighted by atomic mass is 19.1. The smallest absolute Gasteiger partial charge is 0.323 e. The van der Waals surface area contributed by atoms with Gasteiger partial charge in [0.1, 0.15) is 5.75 Å². The van der Waals surface area contributed by atoms with E-state index in [0.717, 1.165) is 18.2 Å². The molecule has 0 saturated heterocycles. The molecule has 0 bridgehead atoms. The number of carbonyl (C=O) groups is 1. The molecule has 2 amide bonds. The van der Waals surface area contributed by atoms with Crippen LogP contribution in [0, 0.1) is 15.9 Å². The minimum Gasteiger partial charge on any atom is -0.508 e. The molecule has 0 fully saturated rings. The first-order valence-corrected chi connectivity index (χ1v) is 5.76. The summed E-state index contributed by atoms with van der Waals surface area (Å²) in [5.41, 5.74) is -0.193. The average Bonchev–Trinajstić information content (AvgIpc) is 2.43. The number of nitrogens with zero attached hydrogens (tertiary/aromatic N) is 1. The van der Waals surface area contributed by atoms with Crippen LogP contribution < -0.4 is 10.6 Å². The number of nitrogens with one attached hydrogen (secondary N) is 2. The summed E-state index contributed by atoms with van der Waals surface area (Å²) >= 11 is 0. The molecule has 0 spiro atoms. The number of phenols is 1. The second-order valence-electron chi connectivity index (χ2n) is 4.05. The van der Waals surface area contributed by atoms with E-state index in [-0.39, 0.29) is 11.4 Å². The summed E-state index contributed by atoms with van der Waals surface area (Å²) in [5, 5.41) is 24.2. The van der Waals surface area contributed by atoms with E-state index in [1.165, 1.54) is 24.3 Å². The molecule has 0 aliphatic rings. The number of urea groups is 1. The van der Waals surface area contributed by atoms with E-state index in [1.54, 1.807) is 0 Å². The largest absolute Gasteiger partial charge is 0.508 e. The summed E-state index contributed by atoms with van der Waals surface area (Å²) in [6.45, 7) is 0. The number of halogens is 1. The fourth-order valence-electron chi connectivity index (χ4n) is 1.55. The van der Waals surface area contributed by atoms with Gasteiger partial charge in [-0.2, -0.15) is 0 Å². The standard InChI is InChI=1S/C13H10FN3O4/c14-11-7-9(17(20)21)3-6-12(11)16-13(19)15-8-1-4-10(18)5-2-8/h1-7,18H,(H2,15,16,19). The van der Waals surface area contributed by atoms with Crippen molar-refractivity contribution in [2.75, 3.05) is 10.6 Å². The van der Waals surface area contributed by atoms with Crippen molar-refractivity contribution in [3.63, 3.8) is 0 Å². The lowest BCUT2D eigenvalue weighted by atomic mass is 10.2. The number of aromatic hydroxyl groups is 1. The Hall–Kier alpha value is -3.16. The van der Waals surface area contributed by atoms with Crippen LogP contribution in [0.2, 0.25) is 0 Å². The van der Waals surface area contributed by atoms with Gasteiger partial charge in [0.25, 0.3) is 5.69 Å². The van der Waals surface area contributed by atoms with E-state index < -0.39 is 22.5 Å². The number of amides is 2. The predicted molar refractivity (Wildman–Crippen MR) is 73.8 cm³/mol. The highest BCUT2D eigenvalue weighted by Crippen LogP contribution is 2.21. The van der Waals surface area contributed by atoms with Crippen molar-refractivity contribution in [1.82, 2.24) is 0 Å². The Kier molecular flexibility index (Phi) is 3.98. The molecule has 2 aromatic rings. The number of hydrogen-bond donors (Lipinski definition) is 3. The van der Waals surface area contributed by atoms with Crippen LogP contribution in [0.5, 0.6) is 5.75 Å². The maximum atomic E-state index is 13.6. The summed E-state index contributed by atoms with van der Waals surface area (Å²) in [6, 6.07) is 7.86. The van der Waals surface area contributed by atoms with Gasteiger partial charge in [-0.15, -0.1) is 0 Å². The van der Waals surface area contributed by atoms with E-state index >= 15 is 0 Å². The van der Waals surface area contributed by atoms with E-state index in [9.17, 15) is 19.3 Å². The second-order valence-corrected chi connectivity index (χ2v) is 4.05. The van der Waals surface area contributed by atoms with Crippen molar-refractivity contribution in [2.45, 2.75) is 0 Å². The lowest BCUT2D eigenvalue weighted by Gasteiger charge is -2.08. The fourth-order valence-corrected chi connectivity index (χ4v) is 1.55. The molecule has 2 rings (SSSR count). The van der Waals surface area contributed by atoms with Crippen LogP contribution in [-0.4, -0.2) is 16.1 Å². The van der Waals surface area contributed by atoms with Gasteiger partial charge in [0.05, 0.1) is 16.7 Å². The zero-order valence-electron chi connectivity index (χ0n) is 10.5. The summed E-state index contributed by atoms with van der Waals surface area (Å²) in [5.74, 6) is -0.868. The monoisotopic (exact) mass is 291 g/mol. The van der Waals surface area contributed by atoms with Crippen molar-refractivity contribution in [2.24, 2.45) is 0 Å². The quantitative estimate of drug-likeness (QED) is 0.459. The van der Waals surface area contributed by atoms with Gasteiger partial charge in [0.15, 0.2) is 5.82 Å². The Labute approximate surface area is 118 Å². The number of non-ortho nitro benzene ring substituents is 1. The Morgan fingerprint density at radius 3 is 2.38 bits per heavy atom. The molecule has 108 valence electrons. The summed E-state index contributed by atoms with van der Waals surface area (Å²) in [4.78, 5) is 21.4. The number of rotatable bonds is 3. The zero-order valence-corrected chi connectivity index (χ0v) is 10.5. The third kappa shape index (κ3) is 3.66. The number of benzene rings is 2. The van der Waals surface area contributed by atoms with Gasteiger partial charge in [0, 0.05) is 11.8 Å². The lowest BCUT2D eigenvalue weighted by molar-refractivity contribution is -0.385. The molecule has 3 N–H and O–H groups in total. The van der Waals surface area contributed by atoms with E-state index in [2.05, 4.69) is 10.6 Å². The number of carbonyl (C=O) groups excluding carboxylic acids is 1. The first kappa shape index (κ1) is 14.3. The number of nitro benzene ring substituents is 1. The number of anilines is 2. The summed E-state index contributed by atoms with van der Waals surface area (Å²) in [7, 11) is 0. The molecule has 2 aromatic carbocycles. The molecule has 0 aromatic heterocycles. The van der Waals surface area contributed by atoms with Gasteiger partial charge < -0.3 is 15.7 Å². The van der Waals surface area contributed by atoms with E-state index in [0.29, 0.717) is 5.69 Å². The molecular formula is C13H10FN3O4.